The van der Waals surface area contributed by atoms with E-state index >= 15 is 0 Å². The number of fused-ring (bicyclic) bond motifs is 1. The number of sulfone groups is 1. The van der Waals surface area contributed by atoms with Crippen molar-refractivity contribution in [3.63, 3.8) is 0 Å². The monoisotopic (exact) mass is 529 g/mol. The first-order valence-corrected chi connectivity index (χ1v) is 14.6. The van der Waals surface area contributed by atoms with E-state index in [4.69, 9.17) is 0 Å². The largest absolute Gasteiger partial charge is 0.391 e. The second-order valence-electron chi connectivity index (χ2n) is 11.6. The number of carbonyl (C=O) groups is 2. The van der Waals surface area contributed by atoms with Crippen LogP contribution in [0.2, 0.25) is 0 Å². The minimum atomic E-state index is -3.32. The molecule has 37 heavy (non-hydrogen) atoms. The van der Waals surface area contributed by atoms with Gasteiger partial charge in [-0.25, -0.2) is 13.1 Å². The highest BCUT2D eigenvalue weighted by atomic mass is 32.2. The number of rotatable bonds is 6. The summed E-state index contributed by atoms with van der Waals surface area (Å²) in [5.74, 6) is -0.328. The molecule has 2 amide bonds. The molecule has 4 unspecified atom stereocenters. The quantitative estimate of drug-likeness (QED) is 0.582. The Kier molecular flexibility index (Phi) is 6.64. The number of hydrogen-bond donors (Lipinski definition) is 2. The van der Waals surface area contributed by atoms with Gasteiger partial charge in [-0.2, -0.15) is 0 Å². The molecular formula is C26H35N5O5S. The third kappa shape index (κ3) is 5.16. The van der Waals surface area contributed by atoms with Gasteiger partial charge in [0.25, 0.3) is 0 Å². The summed E-state index contributed by atoms with van der Waals surface area (Å²) < 4.78 is 26.5. The first-order valence-electron chi connectivity index (χ1n) is 13.0. The van der Waals surface area contributed by atoms with Gasteiger partial charge in [-0.3, -0.25) is 9.59 Å². The van der Waals surface area contributed by atoms with Gasteiger partial charge < -0.3 is 15.3 Å². The maximum Gasteiger partial charge on any atom is 0.248 e. The number of nitrogens with one attached hydrogen (secondary N) is 1. The Morgan fingerprint density at radius 1 is 1.19 bits per heavy atom. The molecule has 10 nitrogen and oxygen atoms in total. The standard InChI is InChI=1S/C26H35N5O5S/c1-26(2,3)23(31-15-20(28-29-31)16-8-9-16)25(34)30-14-18(32)12-21(30)24(33)27-13-17-10-11-37(35,36)22-7-5-4-6-19(17)22/h4-7,15-18,21,23,32H,8-14H2,1-3H3,(H,27,33). The zero-order valence-corrected chi connectivity index (χ0v) is 22.3. The Bertz CT molecular complexity index is 1300. The predicted molar refractivity (Wildman–Crippen MR) is 135 cm³/mol. The van der Waals surface area contributed by atoms with E-state index in [2.05, 4.69) is 15.6 Å². The van der Waals surface area contributed by atoms with Crippen LogP contribution in [0, 0.1) is 5.41 Å². The van der Waals surface area contributed by atoms with Crippen LogP contribution in [0.5, 0.6) is 0 Å². The number of carbonyl (C=O) groups excluding carboxylic acids is 2. The molecule has 2 aliphatic heterocycles. The summed E-state index contributed by atoms with van der Waals surface area (Å²) in [6.07, 6.45) is 3.74. The molecule has 2 aromatic rings. The normalized spacial score (nSPS) is 25.9. The molecule has 1 aromatic heterocycles. The van der Waals surface area contributed by atoms with Gasteiger partial charge >= 0.3 is 0 Å². The Balaban J connectivity index is 1.32. The van der Waals surface area contributed by atoms with E-state index in [1.165, 1.54) is 4.90 Å². The molecule has 3 heterocycles. The van der Waals surface area contributed by atoms with Gasteiger partial charge in [0.05, 0.1) is 22.4 Å². The van der Waals surface area contributed by atoms with Crippen molar-refractivity contribution in [2.24, 2.45) is 5.41 Å². The van der Waals surface area contributed by atoms with Crippen LogP contribution >= 0.6 is 0 Å². The van der Waals surface area contributed by atoms with E-state index in [1.54, 1.807) is 28.9 Å². The molecule has 2 fully saturated rings. The summed E-state index contributed by atoms with van der Waals surface area (Å²) in [6, 6.07) is 5.41. The zero-order valence-electron chi connectivity index (χ0n) is 21.5. The first-order chi connectivity index (χ1) is 17.5. The molecule has 1 aliphatic carbocycles. The van der Waals surface area contributed by atoms with E-state index in [9.17, 15) is 23.1 Å². The van der Waals surface area contributed by atoms with E-state index in [1.807, 2.05) is 27.0 Å². The highest BCUT2D eigenvalue weighted by Crippen LogP contribution is 2.40. The maximum atomic E-state index is 13.9. The van der Waals surface area contributed by atoms with E-state index in [-0.39, 0.29) is 43.0 Å². The fourth-order valence-corrected chi connectivity index (χ4v) is 7.24. The molecule has 0 radical (unpaired) electrons. The van der Waals surface area contributed by atoms with Crippen molar-refractivity contribution in [2.45, 2.75) is 81.4 Å². The first kappa shape index (κ1) is 25.8. The van der Waals surface area contributed by atoms with E-state index in [0.717, 1.165) is 18.5 Å². The van der Waals surface area contributed by atoms with Crippen molar-refractivity contribution >= 4 is 21.7 Å². The van der Waals surface area contributed by atoms with Crippen LogP contribution in [-0.2, 0) is 19.4 Å². The highest BCUT2D eigenvalue weighted by Gasteiger charge is 2.45. The fourth-order valence-electron chi connectivity index (χ4n) is 5.54. The maximum absolute atomic E-state index is 13.9. The van der Waals surface area contributed by atoms with Crippen LogP contribution in [0.3, 0.4) is 0 Å². The lowest BCUT2D eigenvalue weighted by Crippen LogP contribution is -2.51. The summed E-state index contributed by atoms with van der Waals surface area (Å²) in [5, 5.41) is 21.9. The molecule has 200 valence electrons. The minimum absolute atomic E-state index is 0.0331. The number of aliphatic hydroxyl groups is 1. The Morgan fingerprint density at radius 2 is 1.92 bits per heavy atom. The minimum Gasteiger partial charge on any atom is -0.391 e. The lowest BCUT2D eigenvalue weighted by Gasteiger charge is -2.34. The van der Waals surface area contributed by atoms with Crippen LogP contribution in [0.25, 0.3) is 0 Å². The SMILES string of the molecule is CC(C)(C)C(C(=O)N1CC(O)CC1C(=O)NCC1CCS(=O)(=O)c2ccccc21)n1cc(C2CC2)nn1. The summed E-state index contributed by atoms with van der Waals surface area (Å²) >= 11 is 0. The molecule has 4 atom stereocenters. The third-order valence-corrected chi connectivity index (χ3v) is 9.47. The number of aromatic nitrogens is 3. The summed E-state index contributed by atoms with van der Waals surface area (Å²) in [6.45, 7) is 6.17. The summed E-state index contributed by atoms with van der Waals surface area (Å²) in [4.78, 5) is 29.0. The van der Waals surface area contributed by atoms with Gasteiger partial charge in [0, 0.05) is 37.5 Å². The Labute approximate surface area is 217 Å². The second-order valence-corrected chi connectivity index (χ2v) is 13.7. The summed E-state index contributed by atoms with van der Waals surface area (Å²) in [5.41, 5.74) is 1.09. The highest BCUT2D eigenvalue weighted by molar-refractivity contribution is 7.91. The second kappa shape index (κ2) is 9.50. The van der Waals surface area contributed by atoms with Crippen LogP contribution < -0.4 is 5.32 Å². The van der Waals surface area contributed by atoms with E-state index in [0.29, 0.717) is 22.8 Å². The Morgan fingerprint density at radius 3 is 2.62 bits per heavy atom. The van der Waals surface area contributed by atoms with Crippen LogP contribution in [0.1, 0.15) is 75.6 Å². The smallest absolute Gasteiger partial charge is 0.248 e. The average Bonchev–Trinajstić information content (AvgIpc) is 3.44. The van der Waals surface area contributed by atoms with Crippen LogP contribution in [0.4, 0.5) is 0 Å². The number of amides is 2. The molecule has 2 N–H and O–H groups in total. The van der Waals surface area contributed by atoms with Crippen molar-refractivity contribution in [1.82, 2.24) is 25.2 Å². The van der Waals surface area contributed by atoms with Crippen LogP contribution in [-0.4, -0.2) is 76.2 Å². The van der Waals surface area contributed by atoms with Crippen molar-refractivity contribution in [1.29, 1.82) is 0 Å². The molecule has 0 bridgehead atoms. The van der Waals surface area contributed by atoms with Gasteiger partial charge in [0.2, 0.25) is 11.8 Å². The molecule has 5 rings (SSSR count). The van der Waals surface area contributed by atoms with E-state index < -0.39 is 33.4 Å². The Hall–Kier alpha value is -2.79. The van der Waals surface area contributed by atoms with Crippen LogP contribution in [0.15, 0.2) is 35.4 Å². The number of hydrogen-bond acceptors (Lipinski definition) is 7. The van der Waals surface area contributed by atoms with Gasteiger partial charge in [-0.05, 0) is 36.3 Å². The molecule has 1 saturated carbocycles. The number of benzene rings is 1. The molecule has 0 spiro atoms. The molecular weight excluding hydrogens is 494 g/mol. The fraction of sp³-hybridized carbons (Fsp3) is 0.615. The van der Waals surface area contributed by atoms with Crippen molar-refractivity contribution in [3.8, 4) is 0 Å². The third-order valence-electron chi connectivity index (χ3n) is 7.66. The molecule has 3 aliphatic rings. The number of likely N-dealkylation sites (tertiary alicyclic amines) is 1. The summed E-state index contributed by atoms with van der Waals surface area (Å²) in [7, 11) is -3.32. The number of β-amino-alcohol motifs (C(OH)–C–C–N with tert-alkyl or cyclic N) is 1. The predicted octanol–water partition coefficient (Wildman–Crippen LogP) is 1.78. The molecule has 1 saturated heterocycles. The van der Waals surface area contributed by atoms with Gasteiger partial charge in [0.15, 0.2) is 9.84 Å². The van der Waals surface area contributed by atoms with Crippen molar-refractivity contribution < 1.29 is 23.1 Å². The van der Waals surface area contributed by atoms with Gasteiger partial charge in [-0.1, -0.05) is 44.2 Å². The molecule has 11 heteroatoms. The number of nitrogens with zero attached hydrogens (tertiary/aromatic N) is 4. The van der Waals surface area contributed by atoms with Crippen molar-refractivity contribution in [3.05, 3.63) is 41.7 Å². The lowest BCUT2D eigenvalue weighted by atomic mass is 9.85. The van der Waals surface area contributed by atoms with Gasteiger partial charge in [-0.15, -0.1) is 5.10 Å². The topological polar surface area (TPSA) is 134 Å². The lowest BCUT2D eigenvalue weighted by molar-refractivity contribution is -0.144. The zero-order chi connectivity index (χ0) is 26.5. The average molecular weight is 530 g/mol. The van der Waals surface area contributed by atoms with Gasteiger partial charge in [0.1, 0.15) is 12.1 Å². The van der Waals surface area contributed by atoms with Crippen molar-refractivity contribution in [2.75, 3.05) is 18.8 Å². The molecule has 1 aromatic carbocycles. The number of aliphatic hydroxyl groups excluding tert-OH is 1.